The standard InChI is InChI=1S/C5H3BrFNS/c6-5-3(7)1-8-2-4(5)9/h1-2,9H. The van der Waals surface area contributed by atoms with Gasteiger partial charge < -0.3 is 0 Å². The minimum atomic E-state index is -0.387. The number of nitrogens with zero attached hydrogens (tertiary/aromatic N) is 1. The smallest absolute Gasteiger partial charge is 0.156 e. The molecule has 0 radical (unpaired) electrons. The van der Waals surface area contributed by atoms with Gasteiger partial charge >= 0.3 is 0 Å². The Kier molecular flexibility index (Phi) is 2.08. The van der Waals surface area contributed by atoms with Crippen LogP contribution in [0.1, 0.15) is 0 Å². The predicted molar refractivity (Wildman–Crippen MR) is 39.1 cm³/mol. The maximum absolute atomic E-state index is 12.4. The zero-order chi connectivity index (χ0) is 6.85. The number of rotatable bonds is 0. The SMILES string of the molecule is Fc1cncc(S)c1Br. The third kappa shape index (κ3) is 1.43. The van der Waals surface area contributed by atoms with Crippen LogP contribution >= 0.6 is 28.6 Å². The quantitative estimate of drug-likeness (QED) is 0.645. The number of thiol groups is 1. The molecule has 0 unspecified atom stereocenters. The monoisotopic (exact) mass is 207 g/mol. The number of halogens is 2. The molecule has 1 aromatic rings. The molecule has 1 nitrogen and oxygen atoms in total. The molecule has 0 saturated heterocycles. The van der Waals surface area contributed by atoms with Crippen molar-refractivity contribution in [1.82, 2.24) is 4.98 Å². The van der Waals surface area contributed by atoms with E-state index < -0.39 is 0 Å². The van der Waals surface area contributed by atoms with E-state index in [4.69, 9.17) is 0 Å². The van der Waals surface area contributed by atoms with Crippen molar-refractivity contribution < 1.29 is 4.39 Å². The second-order valence-corrected chi connectivity index (χ2v) is 2.73. The molecular formula is C5H3BrFNS. The van der Waals surface area contributed by atoms with Crippen LogP contribution in [0, 0.1) is 5.82 Å². The Labute approximate surface area is 65.8 Å². The summed E-state index contributed by atoms with van der Waals surface area (Å²) in [7, 11) is 0. The van der Waals surface area contributed by atoms with Crippen LogP contribution in [-0.2, 0) is 0 Å². The Bertz CT molecular complexity index is 208. The van der Waals surface area contributed by atoms with Crippen LogP contribution in [0.4, 0.5) is 4.39 Å². The number of hydrogen-bond donors (Lipinski definition) is 1. The Balaban J connectivity index is 3.25. The van der Waals surface area contributed by atoms with Crippen molar-refractivity contribution >= 4 is 28.6 Å². The zero-order valence-electron chi connectivity index (χ0n) is 4.31. The molecule has 9 heavy (non-hydrogen) atoms. The molecule has 0 aromatic carbocycles. The maximum atomic E-state index is 12.4. The molecule has 0 amide bonds. The van der Waals surface area contributed by atoms with E-state index in [-0.39, 0.29) is 5.82 Å². The second kappa shape index (κ2) is 2.66. The Hall–Kier alpha value is -0.0900. The Morgan fingerprint density at radius 3 is 2.67 bits per heavy atom. The Morgan fingerprint density at radius 2 is 2.22 bits per heavy atom. The van der Waals surface area contributed by atoms with Crippen molar-refractivity contribution in [2.45, 2.75) is 4.90 Å². The van der Waals surface area contributed by atoms with E-state index in [1.807, 2.05) is 0 Å². The molecule has 0 aliphatic carbocycles. The lowest BCUT2D eigenvalue weighted by Crippen LogP contribution is -1.80. The molecule has 0 atom stereocenters. The molecule has 0 N–H and O–H groups in total. The molecule has 0 fully saturated rings. The number of hydrogen-bond acceptors (Lipinski definition) is 2. The lowest BCUT2D eigenvalue weighted by Gasteiger charge is -1.93. The number of pyridine rings is 1. The molecule has 0 aliphatic heterocycles. The van der Waals surface area contributed by atoms with E-state index >= 15 is 0 Å². The molecule has 1 aromatic heterocycles. The molecule has 0 spiro atoms. The first kappa shape index (κ1) is 7.02. The van der Waals surface area contributed by atoms with Crippen LogP contribution in [-0.4, -0.2) is 4.98 Å². The molecule has 0 bridgehead atoms. The highest BCUT2D eigenvalue weighted by Crippen LogP contribution is 2.21. The van der Waals surface area contributed by atoms with Gasteiger partial charge in [0.1, 0.15) is 0 Å². The van der Waals surface area contributed by atoms with Gasteiger partial charge in [-0.2, -0.15) is 0 Å². The van der Waals surface area contributed by atoms with Crippen LogP contribution in [0.3, 0.4) is 0 Å². The van der Waals surface area contributed by atoms with Gasteiger partial charge in [0.25, 0.3) is 0 Å². The first-order chi connectivity index (χ1) is 4.22. The van der Waals surface area contributed by atoms with Gasteiger partial charge in [-0.1, -0.05) is 0 Å². The summed E-state index contributed by atoms with van der Waals surface area (Å²) in [5.41, 5.74) is 0. The summed E-state index contributed by atoms with van der Waals surface area (Å²) in [5, 5.41) is 0. The topological polar surface area (TPSA) is 12.9 Å². The average molecular weight is 208 g/mol. The highest BCUT2D eigenvalue weighted by molar-refractivity contribution is 9.10. The molecule has 0 aliphatic rings. The largest absolute Gasteiger partial charge is 0.260 e. The predicted octanol–water partition coefficient (Wildman–Crippen LogP) is 2.27. The van der Waals surface area contributed by atoms with Gasteiger partial charge in [0.15, 0.2) is 5.82 Å². The molecule has 0 saturated carbocycles. The van der Waals surface area contributed by atoms with E-state index in [9.17, 15) is 4.39 Å². The van der Waals surface area contributed by atoms with E-state index in [1.165, 1.54) is 6.20 Å². The van der Waals surface area contributed by atoms with Crippen molar-refractivity contribution in [3.05, 3.63) is 22.7 Å². The van der Waals surface area contributed by atoms with Gasteiger partial charge in [0.05, 0.1) is 10.7 Å². The Morgan fingerprint density at radius 1 is 1.56 bits per heavy atom. The van der Waals surface area contributed by atoms with Gasteiger partial charge in [-0.3, -0.25) is 4.98 Å². The fourth-order valence-electron chi connectivity index (χ4n) is 0.409. The summed E-state index contributed by atoms with van der Waals surface area (Å²) in [6, 6.07) is 0. The zero-order valence-corrected chi connectivity index (χ0v) is 6.79. The summed E-state index contributed by atoms with van der Waals surface area (Å²) in [6.45, 7) is 0. The third-order valence-electron chi connectivity index (χ3n) is 0.819. The fraction of sp³-hybridized carbons (Fsp3) is 0. The average Bonchev–Trinajstić information content (AvgIpc) is 1.83. The maximum Gasteiger partial charge on any atom is 0.156 e. The summed E-state index contributed by atoms with van der Waals surface area (Å²) in [5.74, 6) is -0.387. The van der Waals surface area contributed by atoms with Crippen LogP contribution < -0.4 is 0 Å². The summed E-state index contributed by atoms with van der Waals surface area (Å²) in [4.78, 5) is 4.07. The number of aromatic nitrogens is 1. The van der Waals surface area contributed by atoms with Gasteiger partial charge in [0.2, 0.25) is 0 Å². The van der Waals surface area contributed by atoms with Gasteiger partial charge in [-0.15, -0.1) is 12.6 Å². The van der Waals surface area contributed by atoms with Crippen molar-refractivity contribution in [2.24, 2.45) is 0 Å². The highest BCUT2D eigenvalue weighted by atomic mass is 79.9. The van der Waals surface area contributed by atoms with Crippen molar-refractivity contribution in [3.8, 4) is 0 Å². The molecule has 4 heteroatoms. The molecular weight excluding hydrogens is 205 g/mol. The molecule has 1 rings (SSSR count). The van der Waals surface area contributed by atoms with E-state index in [2.05, 4.69) is 33.5 Å². The van der Waals surface area contributed by atoms with Crippen LogP contribution in [0.5, 0.6) is 0 Å². The van der Waals surface area contributed by atoms with Gasteiger partial charge in [0, 0.05) is 11.1 Å². The lowest BCUT2D eigenvalue weighted by atomic mass is 10.5. The minimum absolute atomic E-state index is 0.362. The van der Waals surface area contributed by atoms with E-state index in [0.717, 1.165) is 6.20 Å². The summed E-state index contributed by atoms with van der Waals surface area (Å²) in [6.07, 6.45) is 2.60. The van der Waals surface area contributed by atoms with Gasteiger partial charge in [-0.25, -0.2) is 4.39 Å². The highest BCUT2D eigenvalue weighted by Gasteiger charge is 2.00. The van der Waals surface area contributed by atoms with E-state index in [0.29, 0.717) is 9.37 Å². The first-order valence-corrected chi connectivity index (χ1v) is 3.44. The molecule has 1 heterocycles. The normalized spacial score (nSPS) is 9.67. The van der Waals surface area contributed by atoms with E-state index in [1.54, 1.807) is 0 Å². The van der Waals surface area contributed by atoms with Crippen LogP contribution in [0.15, 0.2) is 21.8 Å². The van der Waals surface area contributed by atoms with Crippen LogP contribution in [0.2, 0.25) is 0 Å². The van der Waals surface area contributed by atoms with Crippen LogP contribution in [0.25, 0.3) is 0 Å². The molecule has 48 valence electrons. The van der Waals surface area contributed by atoms with Crippen molar-refractivity contribution in [3.63, 3.8) is 0 Å². The van der Waals surface area contributed by atoms with Crippen molar-refractivity contribution in [2.75, 3.05) is 0 Å². The summed E-state index contributed by atoms with van der Waals surface area (Å²) < 4.78 is 12.8. The third-order valence-corrected chi connectivity index (χ3v) is 2.27. The lowest BCUT2D eigenvalue weighted by molar-refractivity contribution is 0.609. The first-order valence-electron chi connectivity index (χ1n) is 2.20. The fourth-order valence-corrected chi connectivity index (χ4v) is 0.787. The second-order valence-electron chi connectivity index (χ2n) is 1.45. The summed E-state index contributed by atoms with van der Waals surface area (Å²) >= 11 is 6.91. The van der Waals surface area contributed by atoms with Gasteiger partial charge in [-0.05, 0) is 15.9 Å². The van der Waals surface area contributed by atoms with Crippen molar-refractivity contribution in [1.29, 1.82) is 0 Å². The minimum Gasteiger partial charge on any atom is -0.260 e.